The molecule has 0 aliphatic rings. The molecule has 0 saturated heterocycles. The van der Waals surface area contributed by atoms with E-state index in [9.17, 15) is 4.79 Å². The van der Waals surface area contributed by atoms with Crippen molar-refractivity contribution in [1.82, 2.24) is 5.32 Å². The number of nitrogen functional groups attached to an aromatic ring is 1. The van der Waals surface area contributed by atoms with Gasteiger partial charge in [0.05, 0.1) is 18.5 Å². The monoisotopic (exact) mass is 427 g/mol. The van der Waals surface area contributed by atoms with Gasteiger partial charge in [0.2, 0.25) is 0 Å². The van der Waals surface area contributed by atoms with Gasteiger partial charge in [-0.15, -0.1) is 0 Å². The number of benzene rings is 2. The third-order valence-electron chi connectivity index (χ3n) is 4.95. The van der Waals surface area contributed by atoms with E-state index in [0.717, 1.165) is 49.4 Å². The number of unbranched alkanes of at least 4 members (excludes halogenated alkanes) is 2. The minimum atomic E-state index is -0.465. The van der Waals surface area contributed by atoms with Crippen molar-refractivity contribution < 1.29 is 14.3 Å². The molecule has 6 nitrogen and oxygen atoms in total. The number of nitrogens with two attached hydrogens (primary N) is 1. The Balaban J connectivity index is 1.80. The van der Waals surface area contributed by atoms with Gasteiger partial charge in [-0.1, -0.05) is 30.7 Å². The van der Waals surface area contributed by atoms with Gasteiger partial charge in [-0.3, -0.25) is 0 Å². The lowest BCUT2D eigenvalue weighted by molar-refractivity contribution is 0.0527. The van der Waals surface area contributed by atoms with E-state index in [1.807, 2.05) is 32.9 Å². The fraction of sp³-hybridized carbons (Fsp3) is 0.480. The zero-order chi connectivity index (χ0) is 22.9. The van der Waals surface area contributed by atoms with Crippen LogP contribution in [0.5, 0.6) is 5.75 Å². The van der Waals surface area contributed by atoms with E-state index in [4.69, 9.17) is 15.2 Å². The van der Waals surface area contributed by atoms with Gasteiger partial charge in [-0.2, -0.15) is 0 Å². The molecular formula is C25H37N3O3. The number of ether oxygens (including phenoxy) is 2. The fourth-order valence-electron chi connectivity index (χ4n) is 3.36. The predicted molar refractivity (Wildman–Crippen MR) is 128 cm³/mol. The van der Waals surface area contributed by atoms with E-state index in [-0.39, 0.29) is 6.09 Å². The fourth-order valence-corrected chi connectivity index (χ4v) is 3.36. The number of para-hydroxylation sites is 1. The molecule has 6 heteroatoms. The lowest BCUT2D eigenvalue weighted by Crippen LogP contribution is -2.32. The highest BCUT2D eigenvalue weighted by molar-refractivity contribution is 5.71. The number of alkyl carbamates (subject to hydrolysis) is 1. The smallest absolute Gasteiger partial charge is 0.407 e. The van der Waals surface area contributed by atoms with E-state index in [1.165, 1.54) is 11.1 Å². The first kappa shape index (κ1) is 24.4. The molecule has 0 aliphatic heterocycles. The molecule has 0 spiro atoms. The van der Waals surface area contributed by atoms with Crippen molar-refractivity contribution in [1.29, 1.82) is 0 Å². The minimum Gasteiger partial charge on any atom is -0.497 e. The number of aryl methyl sites for hydroxylation is 1. The molecule has 31 heavy (non-hydrogen) atoms. The van der Waals surface area contributed by atoms with Crippen molar-refractivity contribution in [2.45, 2.75) is 58.6 Å². The second kappa shape index (κ2) is 11.5. The molecule has 0 unspecified atom stereocenters. The van der Waals surface area contributed by atoms with Crippen LogP contribution in [-0.2, 0) is 17.7 Å². The average molecular weight is 428 g/mol. The van der Waals surface area contributed by atoms with Crippen LogP contribution >= 0.6 is 0 Å². The molecule has 0 radical (unpaired) electrons. The normalized spacial score (nSPS) is 11.1. The number of hydrogen-bond donors (Lipinski definition) is 2. The van der Waals surface area contributed by atoms with E-state index in [1.54, 1.807) is 7.11 Å². The van der Waals surface area contributed by atoms with Crippen LogP contribution in [-0.4, -0.2) is 32.4 Å². The van der Waals surface area contributed by atoms with Crippen LogP contribution in [0.4, 0.5) is 16.2 Å². The van der Waals surface area contributed by atoms with Crippen molar-refractivity contribution in [2.24, 2.45) is 0 Å². The van der Waals surface area contributed by atoms with E-state index >= 15 is 0 Å². The number of nitrogens with zero attached hydrogens (tertiary/aromatic N) is 1. The summed E-state index contributed by atoms with van der Waals surface area (Å²) in [6.45, 7) is 6.97. The van der Waals surface area contributed by atoms with Crippen molar-refractivity contribution >= 4 is 17.5 Å². The summed E-state index contributed by atoms with van der Waals surface area (Å²) in [5.74, 6) is 0.856. The van der Waals surface area contributed by atoms with E-state index in [0.29, 0.717) is 6.54 Å². The van der Waals surface area contributed by atoms with Gasteiger partial charge in [-0.05, 0) is 69.4 Å². The lowest BCUT2D eigenvalue weighted by atomic mass is 10.0. The molecule has 2 rings (SSSR count). The first-order valence-corrected chi connectivity index (χ1v) is 10.9. The molecule has 0 saturated carbocycles. The molecule has 1 amide bonds. The molecular weight excluding hydrogens is 390 g/mol. The molecule has 2 aromatic carbocycles. The Morgan fingerprint density at radius 3 is 2.42 bits per heavy atom. The van der Waals surface area contributed by atoms with Crippen LogP contribution < -0.4 is 20.7 Å². The molecule has 3 N–H and O–H groups in total. The largest absolute Gasteiger partial charge is 0.497 e. The van der Waals surface area contributed by atoms with Crippen LogP contribution in [0.25, 0.3) is 0 Å². The maximum absolute atomic E-state index is 11.7. The Bertz CT molecular complexity index is 829. The Hall–Kier alpha value is -2.89. The molecule has 0 bridgehead atoms. The van der Waals surface area contributed by atoms with Crippen LogP contribution in [0.1, 0.15) is 51.2 Å². The summed E-state index contributed by atoms with van der Waals surface area (Å²) in [6, 6.07) is 14.3. The molecule has 0 fully saturated rings. The van der Waals surface area contributed by atoms with Gasteiger partial charge < -0.3 is 25.4 Å². The first-order chi connectivity index (χ1) is 14.7. The summed E-state index contributed by atoms with van der Waals surface area (Å²) in [5.41, 5.74) is 10.3. The van der Waals surface area contributed by atoms with Gasteiger partial charge in [-0.25, -0.2) is 4.79 Å². The van der Waals surface area contributed by atoms with Gasteiger partial charge in [0, 0.05) is 20.1 Å². The number of methoxy groups -OCH3 is 1. The van der Waals surface area contributed by atoms with Crippen molar-refractivity contribution in [2.75, 3.05) is 31.3 Å². The molecule has 0 aromatic heterocycles. The van der Waals surface area contributed by atoms with E-state index < -0.39 is 5.60 Å². The van der Waals surface area contributed by atoms with Crippen molar-refractivity contribution in [3.63, 3.8) is 0 Å². The van der Waals surface area contributed by atoms with Gasteiger partial charge in [0.1, 0.15) is 11.4 Å². The van der Waals surface area contributed by atoms with Crippen LogP contribution in [0.15, 0.2) is 42.5 Å². The van der Waals surface area contributed by atoms with Gasteiger partial charge in [0.15, 0.2) is 0 Å². The molecule has 0 heterocycles. The van der Waals surface area contributed by atoms with E-state index in [2.05, 4.69) is 47.6 Å². The number of rotatable bonds is 10. The number of amides is 1. The highest BCUT2D eigenvalue weighted by atomic mass is 16.6. The summed E-state index contributed by atoms with van der Waals surface area (Å²) in [6.07, 6.45) is 3.51. The van der Waals surface area contributed by atoms with Crippen molar-refractivity contribution in [3.8, 4) is 5.75 Å². The number of anilines is 2. The summed E-state index contributed by atoms with van der Waals surface area (Å²) < 4.78 is 10.5. The zero-order valence-corrected chi connectivity index (χ0v) is 19.5. The zero-order valence-electron chi connectivity index (χ0n) is 19.5. The number of carbonyl (C=O) groups is 1. The Kier molecular flexibility index (Phi) is 9.03. The topological polar surface area (TPSA) is 76.8 Å². The highest BCUT2D eigenvalue weighted by Crippen LogP contribution is 2.28. The van der Waals surface area contributed by atoms with Crippen LogP contribution in [0.2, 0.25) is 0 Å². The minimum absolute atomic E-state index is 0.357. The second-order valence-electron chi connectivity index (χ2n) is 8.79. The third-order valence-corrected chi connectivity index (χ3v) is 4.95. The summed E-state index contributed by atoms with van der Waals surface area (Å²) in [5, 5.41) is 2.80. The Labute approximate surface area is 186 Å². The summed E-state index contributed by atoms with van der Waals surface area (Å²) in [7, 11) is 3.73. The molecule has 2 aromatic rings. The van der Waals surface area contributed by atoms with Crippen molar-refractivity contribution in [3.05, 3.63) is 53.6 Å². The summed E-state index contributed by atoms with van der Waals surface area (Å²) in [4.78, 5) is 13.8. The standard InChI is InChI=1S/C25H37N3O3/c1-25(2,3)31-24(29)27-17-8-6-7-10-20-11-9-12-22(23(20)26)28(4)18-19-13-15-21(30-5)16-14-19/h9,11-16H,6-8,10,17-18,26H2,1-5H3,(H,27,29). The van der Waals surface area contributed by atoms with Gasteiger partial charge >= 0.3 is 6.09 Å². The average Bonchev–Trinajstić information content (AvgIpc) is 2.70. The first-order valence-electron chi connectivity index (χ1n) is 10.9. The number of nitrogens with one attached hydrogen (secondary N) is 1. The predicted octanol–water partition coefficient (Wildman–Crippen LogP) is 5.15. The lowest BCUT2D eigenvalue weighted by Gasteiger charge is -2.23. The van der Waals surface area contributed by atoms with Crippen LogP contribution in [0.3, 0.4) is 0 Å². The summed E-state index contributed by atoms with van der Waals surface area (Å²) >= 11 is 0. The third kappa shape index (κ3) is 8.40. The maximum atomic E-state index is 11.7. The molecule has 170 valence electrons. The molecule has 0 aliphatic carbocycles. The number of carbonyl (C=O) groups excluding carboxylic acids is 1. The SMILES string of the molecule is COc1ccc(CN(C)c2cccc(CCCCCNC(=O)OC(C)(C)C)c2N)cc1. The van der Waals surface area contributed by atoms with Gasteiger partial charge in [0.25, 0.3) is 0 Å². The molecule has 0 atom stereocenters. The van der Waals surface area contributed by atoms with Crippen LogP contribution in [0, 0.1) is 0 Å². The second-order valence-corrected chi connectivity index (χ2v) is 8.79. The maximum Gasteiger partial charge on any atom is 0.407 e. The Morgan fingerprint density at radius 1 is 1.06 bits per heavy atom. The highest BCUT2D eigenvalue weighted by Gasteiger charge is 2.15. The Morgan fingerprint density at radius 2 is 1.77 bits per heavy atom. The quantitative estimate of drug-likeness (QED) is 0.405. The number of hydrogen-bond acceptors (Lipinski definition) is 5.